The molecular formula is C19H25BrN4O3. The van der Waals surface area contributed by atoms with Gasteiger partial charge in [-0.25, -0.2) is 4.68 Å². The van der Waals surface area contributed by atoms with Gasteiger partial charge in [-0.2, -0.15) is 5.10 Å². The summed E-state index contributed by atoms with van der Waals surface area (Å²) in [5.74, 6) is 1.08. The van der Waals surface area contributed by atoms with Crippen LogP contribution in [0.4, 0.5) is 5.82 Å². The fraction of sp³-hybridized carbons (Fsp3) is 0.526. The number of rotatable bonds is 8. The molecule has 0 atom stereocenters. The number of carbonyl (C=O) groups excluding carboxylic acids is 1. The third-order valence-electron chi connectivity index (χ3n) is 4.73. The second kappa shape index (κ2) is 9.73. The van der Waals surface area contributed by atoms with Crippen molar-refractivity contribution >= 4 is 27.7 Å². The molecule has 0 unspecified atom stereocenters. The minimum absolute atomic E-state index is 0.0640. The topological polar surface area (TPSA) is 71.6 Å². The first-order valence-electron chi connectivity index (χ1n) is 9.41. The summed E-state index contributed by atoms with van der Waals surface area (Å²) in [4.78, 5) is 28.3. The van der Waals surface area contributed by atoms with Crippen LogP contribution in [0.1, 0.15) is 36.2 Å². The molecule has 8 heteroatoms. The lowest BCUT2D eigenvalue weighted by Crippen LogP contribution is -2.49. The molecule has 0 aromatic carbocycles. The number of carbonyl (C=O) groups is 1. The first-order chi connectivity index (χ1) is 13.2. The van der Waals surface area contributed by atoms with Crippen molar-refractivity contribution < 1.29 is 9.21 Å². The summed E-state index contributed by atoms with van der Waals surface area (Å²) in [7, 11) is 0. The Hall–Kier alpha value is -2.09. The monoisotopic (exact) mass is 436 g/mol. The molecule has 2 aromatic heterocycles. The second-order valence-electron chi connectivity index (χ2n) is 6.61. The zero-order valence-electron chi connectivity index (χ0n) is 15.3. The van der Waals surface area contributed by atoms with E-state index in [1.165, 1.54) is 6.26 Å². The van der Waals surface area contributed by atoms with Gasteiger partial charge in [-0.1, -0.05) is 28.8 Å². The number of alkyl halides is 1. The highest BCUT2D eigenvalue weighted by Gasteiger charge is 2.24. The van der Waals surface area contributed by atoms with Crippen LogP contribution in [0, 0.1) is 0 Å². The number of hydrogen-bond donors (Lipinski definition) is 0. The van der Waals surface area contributed by atoms with Gasteiger partial charge in [-0.3, -0.25) is 9.59 Å². The van der Waals surface area contributed by atoms with Gasteiger partial charge in [0, 0.05) is 44.1 Å². The number of aromatic nitrogens is 2. The molecule has 3 heterocycles. The van der Waals surface area contributed by atoms with Gasteiger partial charge in [0.05, 0.1) is 6.26 Å². The number of piperazine rings is 1. The fourth-order valence-corrected chi connectivity index (χ4v) is 3.57. The molecule has 0 bridgehead atoms. The molecule has 1 fully saturated rings. The summed E-state index contributed by atoms with van der Waals surface area (Å²) < 4.78 is 6.75. The average molecular weight is 437 g/mol. The van der Waals surface area contributed by atoms with Crippen molar-refractivity contribution in [2.24, 2.45) is 0 Å². The Morgan fingerprint density at radius 2 is 1.85 bits per heavy atom. The molecule has 0 spiro atoms. The van der Waals surface area contributed by atoms with E-state index >= 15 is 0 Å². The number of aryl methyl sites for hydroxylation is 1. The van der Waals surface area contributed by atoms with Crippen molar-refractivity contribution in [2.75, 3.05) is 36.4 Å². The third kappa shape index (κ3) is 5.22. The number of anilines is 1. The molecular weight excluding hydrogens is 412 g/mol. The summed E-state index contributed by atoms with van der Waals surface area (Å²) in [5.41, 5.74) is -0.0640. The molecule has 0 N–H and O–H groups in total. The van der Waals surface area contributed by atoms with Crippen molar-refractivity contribution in [2.45, 2.75) is 32.2 Å². The average Bonchev–Trinajstić information content (AvgIpc) is 3.23. The fourth-order valence-electron chi connectivity index (χ4n) is 3.17. The van der Waals surface area contributed by atoms with Crippen LogP contribution in [0.3, 0.4) is 0 Å². The third-order valence-corrected chi connectivity index (χ3v) is 5.29. The van der Waals surface area contributed by atoms with Gasteiger partial charge in [0.25, 0.3) is 11.5 Å². The van der Waals surface area contributed by atoms with E-state index in [1.807, 2.05) is 0 Å². The lowest BCUT2D eigenvalue weighted by Gasteiger charge is -2.35. The largest absolute Gasteiger partial charge is 0.459 e. The van der Waals surface area contributed by atoms with Gasteiger partial charge in [-0.05, 0) is 31.0 Å². The highest BCUT2D eigenvalue weighted by molar-refractivity contribution is 9.09. The Kier molecular flexibility index (Phi) is 7.09. The SMILES string of the molecule is O=C(c1ccco1)N1CCN(c2ccc(=O)n(CCCCCCBr)n2)CC1. The van der Waals surface area contributed by atoms with E-state index in [0.717, 1.165) is 36.8 Å². The van der Waals surface area contributed by atoms with Crippen LogP contribution >= 0.6 is 15.9 Å². The van der Waals surface area contributed by atoms with E-state index in [-0.39, 0.29) is 11.5 Å². The van der Waals surface area contributed by atoms with Crippen molar-refractivity contribution in [1.29, 1.82) is 0 Å². The van der Waals surface area contributed by atoms with Gasteiger partial charge in [-0.15, -0.1) is 0 Å². The van der Waals surface area contributed by atoms with Crippen LogP contribution in [0.25, 0.3) is 0 Å². The Balaban J connectivity index is 1.55. The minimum Gasteiger partial charge on any atom is -0.459 e. The van der Waals surface area contributed by atoms with Gasteiger partial charge >= 0.3 is 0 Å². The molecule has 1 amide bonds. The first-order valence-corrected chi connectivity index (χ1v) is 10.5. The molecule has 146 valence electrons. The maximum absolute atomic E-state index is 12.3. The Bertz CT molecular complexity index is 783. The Labute approximate surface area is 167 Å². The standard InChI is InChI=1S/C19H25BrN4O3/c20-9-3-1-2-4-10-24-18(25)8-7-17(21-24)22-11-13-23(14-12-22)19(26)16-6-5-15-27-16/h5-8,15H,1-4,9-14H2. The van der Waals surface area contributed by atoms with Crippen LogP contribution in [0.15, 0.2) is 39.7 Å². The molecule has 0 radical (unpaired) electrons. The molecule has 0 aliphatic carbocycles. The lowest BCUT2D eigenvalue weighted by atomic mass is 10.2. The number of nitrogens with zero attached hydrogens (tertiary/aromatic N) is 4. The Morgan fingerprint density at radius 1 is 1.07 bits per heavy atom. The predicted octanol–water partition coefficient (Wildman–Crippen LogP) is 2.75. The van der Waals surface area contributed by atoms with E-state index < -0.39 is 0 Å². The summed E-state index contributed by atoms with van der Waals surface area (Å²) in [6.45, 7) is 3.22. The van der Waals surface area contributed by atoms with Crippen LogP contribution < -0.4 is 10.5 Å². The van der Waals surface area contributed by atoms with Gasteiger partial charge in [0.2, 0.25) is 0 Å². The lowest BCUT2D eigenvalue weighted by molar-refractivity contribution is 0.0714. The van der Waals surface area contributed by atoms with Gasteiger partial charge in [0.15, 0.2) is 5.76 Å². The van der Waals surface area contributed by atoms with E-state index in [9.17, 15) is 9.59 Å². The number of hydrogen-bond acceptors (Lipinski definition) is 5. The second-order valence-corrected chi connectivity index (χ2v) is 7.41. The highest BCUT2D eigenvalue weighted by atomic mass is 79.9. The number of unbranched alkanes of at least 4 members (excludes halogenated alkanes) is 3. The van der Waals surface area contributed by atoms with E-state index in [2.05, 4.69) is 25.9 Å². The summed E-state index contributed by atoms with van der Waals surface area (Å²) in [6, 6.07) is 6.76. The van der Waals surface area contributed by atoms with Crippen molar-refractivity contribution in [3.63, 3.8) is 0 Å². The van der Waals surface area contributed by atoms with Gasteiger partial charge in [0.1, 0.15) is 5.82 Å². The quantitative estimate of drug-likeness (QED) is 0.469. The van der Waals surface area contributed by atoms with Gasteiger partial charge < -0.3 is 14.2 Å². The van der Waals surface area contributed by atoms with Crippen LogP contribution in [-0.4, -0.2) is 52.1 Å². The molecule has 1 saturated heterocycles. The minimum atomic E-state index is -0.0824. The number of furan rings is 1. The zero-order valence-corrected chi connectivity index (χ0v) is 16.9. The van der Waals surface area contributed by atoms with Crippen molar-refractivity contribution in [3.05, 3.63) is 46.6 Å². The van der Waals surface area contributed by atoms with E-state index in [1.54, 1.807) is 33.8 Å². The van der Waals surface area contributed by atoms with E-state index in [4.69, 9.17) is 4.42 Å². The summed E-state index contributed by atoms with van der Waals surface area (Å²) in [6.07, 6.45) is 5.87. The molecule has 2 aromatic rings. The Morgan fingerprint density at radius 3 is 2.56 bits per heavy atom. The number of halogens is 1. The summed E-state index contributed by atoms with van der Waals surface area (Å²) >= 11 is 3.43. The molecule has 3 rings (SSSR count). The van der Waals surface area contributed by atoms with Crippen LogP contribution in [0.5, 0.6) is 0 Å². The molecule has 27 heavy (non-hydrogen) atoms. The highest BCUT2D eigenvalue weighted by Crippen LogP contribution is 2.14. The van der Waals surface area contributed by atoms with Crippen molar-refractivity contribution in [3.8, 4) is 0 Å². The molecule has 1 aliphatic rings. The maximum Gasteiger partial charge on any atom is 0.289 e. The predicted molar refractivity (Wildman–Crippen MR) is 108 cm³/mol. The number of amides is 1. The first kappa shape index (κ1) is 19.7. The van der Waals surface area contributed by atoms with Crippen LogP contribution in [-0.2, 0) is 6.54 Å². The molecule has 1 aliphatic heterocycles. The van der Waals surface area contributed by atoms with Crippen LogP contribution in [0.2, 0.25) is 0 Å². The molecule has 7 nitrogen and oxygen atoms in total. The van der Waals surface area contributed by atoms with Crippen molar-refractivity contribution in [1.82, 2.24) is 14.7 Å². The van der Waals surface area contributed by atoms with E-state index in [0.29, 0.717) is 38.5 Å². The maximum atomic E-state index is 12.3. The normalized spacial score (nSPS) is 14.6. The smallest absolute Gasteiger partial charge is 0.289 e. The molecule has 0 saturated carbocycles. The zero-order chi connectivity index (χ0) is 19.1. The summed E-state index contributed by atoms with van der Waals surface area (Å²) in [5, 5.41) is 5.56.